The number of fused-ring (bicyclic) bond motifs is 1. The van der Waals surface area contributed by atoms with E-state index >= 15 is 0 Å². The van der Waals surface area contributed by atoms with Gasteiger partial charge >= 0.3 is 0 Å². The van der Waals surface area contributed by atoms with Gasteiger partial charge in [0.1, 0.15) is 5.82 Å². The Kier molecular flexibility index (Phi) is 3.54. The van der Waals surface area contributed by atoms with E-state index < -0.39 is 0 Å². The normalized spacial score (nSPS) is 16.6. The van der Waals surface area contributed by atoms with Crippen LogP contribution in [0.4, 0.5) is 0 Å². The summed E-state index contributed by atoms with van der Waals surface area (Å²) in [6, 6.07) is 7.69. The van der Waals surface area contributed by atoms with Crippen molar-refractivity contribution in [1.29, 1.82) is 0 Å². The van der Waals surface area contributed by atoms with Gasteiger partial charge in [0.15, 0.2) is 5.78 Å². The minimum atomic E-state index is -0.0277. The lowest BCUT2D eigenvalue weighted by atomic mass is 9.76. The lowest BCUT2D eigenvalue weighted by molar-refractivity contribution is 0.0909. The predicted octanol–water partition coefficient (Wildman–Crippen LogP) is 3.88. The molecule has 1 aliphatic carbocycles. The van der Waals surface area contributed by atoms with Gasteiger partial charge in [0.25, 0.3) is 0 Å². The average Bonchev–Trinajstić information content (AvgIpc) is 2.39. The van der Waals surface area contributed by atoms with Crippen LogP contribution < -0.4 is 0 Å². The van der Waals surface area contributed by atoms with Gasteiger partial charge in [-0.1, -0.05) is 43.6 Å². The number of carbonyl (C=O) groups excluding carboxylic acids is 1. The van der Waals surface area contributed by atoms with Crippen molar-refractivity contribution in [3.63, 3.8) is 0 Å². The maximum atomic E-state index is 12.1. The molecule has 21 heavy (non-hydrogen) atoms. The third-order valence-corrected chi connectivity index (χ3v) is 4.18. The molecule has 0 amide bonds. The highest BCUT2D eigenvalue weighted by molar-refractivity contribution is 6.31. The van der Waals surface area contributed by atoms with Crippen molar-refractivity contribution in [3.8, 4) is 0 Å². The molecule has 0 N–H and O–H groups in total. The molecule has 1 aliphatic rings. The zero-order chi connectivity index (χ0) is 15.0. The molecule has 3 rings (SSSR count). The van der Waals surface area contributed by atoms with Crippen molar-refractivity contribution in [3.05, 3.63) is 58.1 Å². The maximum absolute atomic E-state index is 12.1. The van der Waals surface area contributed by atoms with Crippen molar-refractivity contribution in [2.24, 2.45) is 5.41 Å². The summed E-state index contributed by atoms with van der Waals surface area (Å²) in [6.45, 7) is 4.20. The second-order valence-electron chi connectivity index (χ2n) is 6.36. The first kappa shape index (κ1) is 14.2. The number of aromatic nitrogens is 2. The molecule has 0 aliphatic heterocycles. The van der Waals surface area contributed by atoms with E-state index in [1.54, 1.807) is 6.20 Å². The second-order valence-corrected chi connectivity index (χ2v) is 6.76. The van der Waals surface area contributed by atoms with Gasteiger partial charge in [0, 0.05) is 24.1 Å². The molecule has 0 spiro atoms. The number of rotatable bonds is 2. The van der Waals surface area contributed by atoms with Gasteiger partial charge in [-0.15, -0.1) is 0 Å². The van der Waals surface area contributed by atoms with E-state index in [0.717, 1.165) is 22.7 Å². The summed E-state index contributed by atoms with van der Waals surface area (Å²) in [5.41, 5.74) is 2.52. The van der Waals surface area contributed by atoms with Crippen molar-refractivity contribution >= 4 is 17.4 Å². The van der Waals surface area contributed by atoms with Crippen LogP contribution in [0.1, 0.15) is 47.7 Å². The highest BCUT2D eigenvalue weighted by Gasteiger charge is 2.32. The highest BCUT2D eigenvalue weighted by atomic mass is 35.5. The molecule has 108 valence electrons. The van der Waals surface area contributed by atoms with Crippen LogP contribution in [0.15, 0.2) is 30.5 Å². The highest BCUT2D eigenvalue weighted by Crippen LogP contribution is 2.33. The van der Waals surface area contributed by atoms with E-state index in [-0.39, 0.29) is 11.2 Å². The zero-order valence-electron chi connectivity index (χ0n) is 12.2. The van der Waals surface area contributed by atoms with Crippen LogP contribution in [0.5, 0.6) is 0 Å². The maximum Gasteiger partial charge on any atom is 0.166 e. The monoisotopic (exact) mass is 300 g/mol. The number of nitrogens with zero attached hydrogens (tertiary/aromatic N) is 2. The molecule has 0 fully saturated rings. The van der Waals surface area contributed by atoms with Crippen LogP contribution in [0, 0.1) is 5.41 Å². The number of Topliss-reactive ketones (excluding diaryl/α,β-unsaturated/α-hetero) is 1. The molecule has 2 aromatic rings. The summed E-state index contributed by atoms with van der Waals surface area (Å²) in [4.78, 5) is 21.1. The standard InChI is InChI=1S/C17H17ClN2O/c1-17(2)8-14-12(15(21)9-17)10-19-16(20-14)7-11-5-3-4-6-13(11)18/h3-6,10H,7-9H2,1-2H3. The van der Waals surface area contributed by atoms with Crippen molar-refractivity contribution < 1.29 is 4.79 Å². The van der Waals surface area contributed by atoms with E-state index in [2.05, 4.69) is 23.8 Å². The molecule has 1 aromatic carbocycles. The average molecular weight is 301 g/mol. The molecule has 0 saturated carbocycles. The Balaban J connectivity index is 1.93. The summed E-state index contributed by atoms with van der Waals surface area (Å²) < 4.78 is 0. The molecule has 3 nitrogen and oxygen atoms in total. The van der Waals surface area contributed by atoms with Crippen LogP contribution in [0.3, 0.4) is 0 Å². The number of benzene rings is 1. The fraction of sp³-hybridized carbons (Fsp3) is 0.353. The minimum absolute atomic E-state index is 0.0277. The topological polar surface area (TPSA) is 42.9 Å². The SMILES string of the molecule is CC1(C)CC(=O)c2cnc(Cc3ccccc3Cl)nc2C1. The molecule has 0 atom stereocenters. The van der Waals surface area contributed by atoms with Crippen LogP contribution in [-0.4, -0.2) is 15.8 Å². The van der Waals surface area contributed by atoms with Gasteiger partial charge < -0.3 is 0 Å². The largest absolute Gasteiger partial charge is 0.294 e. The van der Waals surface area contributed by atoms with Gasteiger partial charge in [-0.05, 0) is 23.5 Å². The Labute approximate surface area is 129 Å². The molecule has 0 radical (unpaired) electrons. The minimum Gasteiger partial charge on any atom is -0.294 e. The quantitative estimate of drug-likeness (QED) is 0.845. The Morgan fingerprint density at radius 1 is 1.24 bits per heavy atom. The molecule has 0 saturated heterocycles. The Morgan fingerprint density at radius 3 is 2.76 bits per heavy atom. The molecule has 0 bridgehead atoms. The third kappa shape index (κ3) is 2.98. The Hall–Kier alpha value is -1.74. The second kappa shape index (κ2) is 5.23. The zero-order valence-corrected chi connectivity index (χ0v) is 12.9. The van der Waals surface area contributed by atoms with Gasteiger partial charge in [-0.3, -0.25) is 4.79 Å². The first-order valence-corrected chi connectivity index (χ1v) is 7.44. The van der Waals surface area contributed by atoms with Crippen molar-refractivity contribution in [2.45, 2.75) is 33.1 Å². The van der Waals surface area contributed by atoms with Crippen LogP contribution in [0.25, 0.3) is 0 Å². The molecule has 1 heterocycles. The fourth-order valence-electron chi connectivity index (χ4n) is 2.77. The lowest BCUT2D eigenvalue weighted by Crippen LogP contribution is -2.28. The molecular weight excluding hydrogens is 284 g/mol. The number of ketones is 1. The molecule has 1 aromatic heterocycles. The lowest BCUT2D eigenvalue weighted by Gasteiger charge is -2.29. The first-order valence-electron chi connectivity index (χ1n) is 7.06. The summed E-state index contributed by atoms with van der Waals surface area (Å²) in [5.74, 6) is 0.859. The number of halogens is 1. The van der Waals surface area contributed by atoms with E-state index in [1.807, 2.05) is 24.3 Å². The summed E-state index contributed by atoms with van der Waals surface area (Å²) >= 11 is 6.18. The van der Waals surface area contributed by atoms with Gasteiger partial charge in [-0.25, -0.2) is 9.97 Å². The number of hydrogen-bond acceptors (Lipinski definition) is 3. The van der Waals surface area contributed by atoms with E-state index in [9.17, 15) is 4.79 Å². The number of carbonyl (C=O) groups is 1. The van der Waals surface area contributed by atoms with E-state index in [0.29, 0.717) is 24.2 Å². The Bertz CT molecular complexity index is 710. The van der Waals surface area contributed by atoms with Gasteiger partial charge in [0.2, 0.25) is 0 Å². The molecular formula is C17H17ClN2O. The molecule has 0 unspecified atom stereocenters. The number of hydrogen-bond donors (Lipinski definition) is 0. The van der Waals surface area contributed by atoms with Gasteiger partial charge in [0.05, 0.1) is 11.3 Å². The molecule has 4 heteroatoms. The summed E-state index contributed by atoms with van der Waals surface area (Å²) in [6.07, 6.45) is 3.63. The summed E-state index contributed by atoms with van der Waals surface area (Å²) in [5, 5.41) is 0.718. The van der Waals surface area contributed by atoms with Crippen LogP contribution in [0.2, 0.25) is 5.02 Å². The van der Waals surface area contributed by atoms with Crippen LogP contribution in [-0.2, 0) is 12.8 Å². The fourth-order valence-corrected chi connectivity index (χ4v) is 2.97. The third-order valence-electron chi connectivity index (χ3n) is 3.81. The Morgan fingerprint density at radius 2 is 2.00 bits per heavy atom. The smallest absolute Gasteiger partial charge is 0.166 e. The van der Waals surface area contributed by atoms with E-state index in [1.165, 1.54) is 0 Å². The first-order chi connectivity index (χ1) is 9.94. The summed E-state index contributed by atoms with van der Waals surface area (Å²) in [7, 11) is 0. The van der Waals surface area contributed by atoms with Gasteiger partial charge in [-0.2, -0.15) is 0 Å². The van der Waals surface area contributed by atoms with E-state index in [4.69, 9.17) is 11.6 Å². The van der Waals surface area contributed by atoms with Crippen LogP contribution >= 0.6 is 11.6 Å². The predicted molar refractivity (Wildman–Crippen MR) is 82.7 cm³/mol. The van der Waals surface area contributed by atoms with Crippen molar-refractivity contribution in [1.82, 2.24) is 9.97 Å². The van der Waals surface area contributed by atoms with Crippen molar-refractivity contribution in [2.75, 3.05) is 0 Å².